The minimum atomic E-state index is 0.0798. The summed E-state index contributed by atoms with van der Waals surface area (Å²) in [6, 6.07) is 2.78. The molecule has 110 valence electrons. The largest absolute Gasteiger partial charge is 0.341 e. The van der Waals surface area contributed by atoms with Gasteiger partial charge in [0, 0.05) is 31.4 Å². The molecule has 2 fully saturated rings. The van der Waals surface area contributed by atoms with Crippen LogP contribution in [0.25, 0.3) is 0 Å². The van der Waals surface area contributed by atoms with Gasteiger partial charge in [0.15, 0.2) is 0 Å². The number of rotatable bonds is 6. The Bertz CT molecular complexity index is 492. The molecule has 1 aliphatic carbocycles. The van der Waals surface area contributed by atoms with Crippen LogP contribution in [0.5, 0.6) is 0 Å². The third-order valence-electron chi connectivity index (χ3n) is 4.21. The normalized spacial score (nSPS) is 22.8. The standard InChI is InChI=1S/C15H24N4O/c1-11-10-12(2)19(17-11)8-3-7-18-9-6-14(15(18)20)16-13-4-5-13/h10,13-14,16H,3-9H2,1-2H3. The average Bonchev–Trinajstić information content (AvgIpc) is 3.08. The van der Waals surface area contributed by atoms with Crippen molar-refractivity contribution in [3.05, 3.63) is 17.5 Å². The van der Waals surface area contributed by atoms with Gasteiger partial charge in [0.1, 0.15) is 0 Å². The Balaban J connectivity index is 1.44. The zero-order valence-electron chi connectivity index (χ0n) is 12.4. The van der Waals surface area contributed by atoms with Crippen LogP contribution in [0, 0.1) is 13.8 Å². The molecule has 1 aliphatic heterocycles. The van der Waals surface area contributed by atoms with Crippen molar-refractivity contribution in [2.24, 2.45) is 0 Å². The van der Waals surface area contributed by atoms with E-state index >= 15 is 0 Å². The van der Waals surface area contributed by atoms with Crippen LogP contribution in [-0.4, -0.2) is 45.8 Å². The van der Waals surface area contributed by atoms with E-state index in [4.69, 9.17) is 0 Å². The van der Waals surface area contributed by atoms with E-state index in [0.29, 0.717) is 11.9 Å². The maximum absolute atomic E-state index is 12.2. The number of aryl methyl sites for hydroxylation is 3. The molecule has 0 spiro atoms. The van der Waals surface area contributed by atoms with Crippen molar-refractivity contribution in [2.45, 2.75) is 58.2 Å². The van der Waals surface area contributed by atoms with Gasteiger partial charge in [-0.1, -0.05) is 0 Å². The minimum absolute atomic E-state index is 0.0798. The van der Waals surface area contributed by atoms with Crippen LogP contribution in [0.15, 0.2) is 6.07 Å². The van der Waals surface area contributed by atoms with Crippen molar-refractivity contribution in [3.63, 3.8) is 0 Å². The van der Waals surface area contributed by atoms with E-state index < -0.39 is 0 Å². The topological polar surface area (TPSA) is 50.2 Å². The van der Waals surface area contributed by atoms with Gasteiger partial charge in [0.05, 0.1) is 11.7 Å². The summed E-state index contributed by atoms with van der Waals surface area (Å²) in [5.41, 5.74) is 2.26. The monoisotopic (exact) mass is 276 g/mol. The highest BCUT2D eigenvalue weighted by Gasteiger charge is 2.35. The Morgan fingerprint density at radius 2 is 2.10 bits per heavy atom. The van der Waals surface area contributed by atoms with Gasteiger partial charge < -0.3 is 10.2 Å². The van der Waals surface area contributed by atoms with Gasteiger partial charge in [-0.05, 0) is 45.6 Å². The molecule has 1 aromatic heterocycles. The van der Waals surface area contributed by atoms with E-state index in [2.05, 4.69) is 23.4 Å². The lowest BCUT2D eigenvalue weighted by Gasteiger charge is -2.17. The Kier molecular flexibility index (Phi) is 3.78. The molecule has 2 heterocycles. The molecule has 0 radical (unpaired) electrons. The summed E-state index contributed by atoms with van der Waals surface area (Å²) in [5, 5.41) is 7.90. The molecule has 5 nitrogen and oxygen atoms in total. The highest BCUT2D eigenvalue weighted by Crippen LogP contribution is 2.22. The van der Waals surface area contributed by atoms with Gasteiger partial charge in [-0.15, -0.1) is 0 Å². The predicted molar refractivity (Wildman–Crippen MR) is 77.5 cm³/mol. The highest BCUT2D eigenvalue weighted by atomic mass is 16.2. The molecule has 1 aromatic rings. The van der Waals surface area contributed by atoms with E-state index in [-0.39, 0.29) is 6.04 Å². The van der Waals surface area contributed by atoms with Gasteiger partial charge >= 0.3 is 0 Å². The van der Waals surface area contributed by atoms with Crippen LogP contribution in [0.4, 0.5) is 0 Å². The third-order valence-corrected chi connectivity index (χ3v) is 4.21. The second-order valence-corrected chi connectivity index (χ2v) is 6.11. The molecule has 1 N–H and O–H groups in total. The molecule has 3 rings (SSSR count). The summed E-state index contributed by atoms with van der Waals surface area (Å²) >= 11 is 0. The lowest BCUT2D eigenvalue weighted by atomic mass is 10.2. The maximum atomic E-state index is 12.2. The highest BCUT2D eigenvalue weighted by molar-refractivity contribution is 5.84. The Labute approximate surface area is 120 Å². The number of nitrogens with one attached hydrogen (secondary N) is 1. The summed E-state index contributed by atoms with van der Waals surface area (Å²) in [6.45, 7) is 6.74. The number of likely N-dealkylation sites (tertiary alicyclic amines) is 1. The van der Waals surface area contributed by atoms with Crippen LogP contribution < -0.4 is 5.32 Å². The third kappa shape index (κ3) is 3.03. The fourth-order valence-corrected chi connectivity index (χ4v) is 2.96. The molecule has 1 unspecified atom stereocenters. The van der Waals surface area contributed by atoms with Gasteiger partial charge in [-0.25, -0.2) is 0 Å². The summed E-state index contributed by atoms with van der Waals surface area (Å²) < 4.78 is 2.04. The molecule has 0 aromatic carbocycles. The van der Waals surface area contributed by atoms with Gasteiger partial charge in [-0.3, -0.25) is 9.48 Å². The number of carbonyl (C=O) groups excluding carboxylic acids is 1. The fraction of sp³-hybridized carbons (Fsp3) is 0.733. The second-order valence-electron chi connectivity index (χ2n) is 6.11. The Morgan fingerprint density at radius 3 is 2.75 bits per heavy atom. The van der Waals surface area contributed by atoms with E-state index in [1.807, 2.05) is 16.5 Å². The van der Waals surface area contributed by atoms with Gasteiger partial charge in [-0.2, -0.15) is 5.10 Å². The van der Waals surface area contributed by atoms with Crippen LogP contribution >= 0.6 is 0 Å². The molecule has 1 saturated heterocycles. The van der Waals surface area contributed by atoms with Gasteiger partial charge in [0.2, 0.25) is 5.91 Å². The number of carbonyl (C=O) groups is 1. The first kappa shape index (κ1) is 13.6. The zero-order chi connectivity index (χ0) is 14.1. The summed E-state index contributed by atoms with van der Waals surface area (Å²) in [7, 11) is 0. The van der Waals surface area contributed by atoms with Crippen LogP contribution in [0.3, 0.4) is 0 Å². The van der Waals surface area contributed by atoms with E-state index in [1.165, 1.54) is 18.5 Å². The van der Waals surface area contributed by atoms with Crippen molar-refractivity contribution in [2.75, 3.05) is 13.1 Å². The first-order valence-corrected chi connectivity index (χ1v) is 7.69. The molecule has 1 saturated carbocycles. The first-order chi connectivity index (χ1) is 9.63. The number of nitrogens with zero attached hydrogens (tertiary/aromatic N) is 3. The minimum Gasteiger partial charge on any atom is -0.341 e. The average molecular weight is 276 g/mol. The molecular formula is C15H24N4O. The smallest absolute Gasteiger partial charge is 0.239 e. The van der Waals surface area contributed by atoms with Crippen molar-refractivity contribution in [1.82, 2.24) is 20.0 Å². The predicted octanol–water partition coefficient (Wildman–Crippen LogP) is 1.24. The van der Waals surface area contributed by atoms with Gasteiger partial charge in [0.25, 0.3) is 0 Å². The molecule has 2 aliphatic rings. The SMILES string of the molecule is Cc1cc(C)n(CCCN2CCC(NC3CC3)C2=O)n1. The first-order valence-electron chi connectivity index (χ1n) is 7.69. The van der Waals surface area contributed by atoms with Crippen molar-refractivity contribution in [1.29, 1.82) is 0 Å². The van der Waals surface area contributed by atoms with E-state index in [9.17, 15) is 4.79 Å². The fourth-order valence-electron chi connectivity index (χ4n) is 2.96. The molecule has 1 atom stereocenters. The molecule has 0 bridgehead atoms. The Morgan fingerprint density at radius 1 is 1.30 bits per heavy atom. The number of hydrogen-bond acceptors (Lipinski definition) is 3. The summed E-state index contributed by atoms with van der Waals surface area (Å²) in [4.78, 5) is 14.2. The number of amides is 1. The molecule has 1 amide bonds. The number of hydrogen-bond donors (Lipinski definition) is 1. The molecule has 5 heteroatoms. The van der Waals surface area contributed by atoms with Crippen molar-refractivity contribution < 1.29 is 4.79 Å². The van der Waals surface area contributed by atoms with E-state index in [0.717, 1.165) is 38.2 Å². The lowest BCUT2D eigenvalue weighted by molar-refractivity contribution is -0.129. The summed E-state index contributed by atoms with van der Waals surface area (Å²) in [6.07, 6.45) is 4.42. The maximum Gasteiger partial charge on any atom is 0.239 e. The lowest BCUT2D eigenvalue weighted by Crippen LogP contribution is -2.39. The quantitative estimate of drug-likeness (QED) is 0.850. The van der Waals surface area contributed by atoms with Crippen LogP contribution in [0.2, 0.25) is 0 Å². The summed E-state index contributed by atoms with van der Waals surface area (Å²) in [5.74, 6) is 0.297. The molecular weight excluding hydrogens is 252 g/mol. The zero-order valence-corrected chi connectivity index (χ0v) is 12.4. The second kappa shape index (κ2) is 5.56. The number of aromatic nitrogens is 2. The Hall–Kier alpha value is -1.36. The van der Waals surface area contributed by atoms with Crippen molar-refractivity contribution >= 4 is 5.91 Å². The van der Waals surface area contributed by atoms with Crippen molar-refractivity contribution in [3.8, 4) is 0 Å². The van der Waals surface area contributed by atoms with E-state index in [1.54, 1.807) is 0 Å². The van der Waals surface area contributed by atoms with Crippen LogP contribution in [0.1, 0.15) is 37.1 Å². The molecule has 20 heavy (non-hydrogen) atoms. The van der Waals surface area contributed by atoms with Crippen LogP contribution in [-0.2, 0) is 11.3 Å².